The van der Waals surface area contributed by atoms with E-state index >= 15 is 0 Å². The van der Waals surface area contributed by atoms with Crippen molar-refractivity contribution in [1.29, 1.82) is 0 Å². The number of carbonyl (C=O) groups is 2. The van der Waals surface area contributed by atoms with E-state index in [4.69, 9.17) is 21.7 Å². The van der Waals surface area contributed by atoms with Crippen molar-refractivity contribution in [2.45, 2.75) is 39.2 Å². The highest BCUT2D eigenvalue weighted by molar-refractivity contribution is 7.71. The minimum absolute atomic E-state index is 0.00240. The SMILES string of the molecule is CCOC(=O)C(Cc1[nH]c(=S)n2c1CC(c1c(F)c(F)cc(F)c1F)C2)C(=O)OCC. The Morgan fingerprint density at radius 1 is 1.13 bits per heavy atom. The van der Waals surface area contributed by atoms with Crippen molar-refractivity contribution >= 4 is 24.2 Å². The Bertz CT molecular complexity index is 1040. The lowest BCUT2D eigenvalue weighted by molar-refractivity contribution is -0.161. The van der Waals surface area contributed by atoms with E-state index in [9.17, 15) is 27.2 Å². The van der Waals surface area contributed by atoms with E-state index in [1.165, 1.54) is 4.57 Å². The maximum atomic E-state index is 14.3. The number of aromatic nitrogens is 2. The summed E-state index contributed by atoms with van der Waals surface area (Å²) >= 11 is 5.25. The van der Waals surface area contributed by atoms with Gasteiger partial charge in [-0.2, -0.15) is 0 Å². The third-order valence-electron chi connectivity index (χ3n) is 5.12. The van der Waals surface area contributed by atoms with Gasteiger partial charge < -0.3 is 19.0 Å². The van der Waals surface area contributed by atoms with Crippen LogP contribution < -0.4 is 0 Å². The second-order valence-corrected chi connectivity index (χ2v) is 7.40. The summed E-state index contributed by atoms with van der Waals surface area (Å²) in [6.45, 7) is 3.28. The van der Waals surface area contributed by atoms with Crippen molar-refractivity contribution in [2.75, 3.05) is 13.2 Å². The minimum atomic E-state index is -1.49. The smallest absolute Gasteiger partial charge is 0.320 e. The number of nitrogens with zero attached hydrogens (tertiary/aromatic N) is 1. The molecular weight excluding hydrogens is 440 g/mol. The molecule has 1 aromatic heterocycles. The number of H-pyrrole nitrogens is 1. The summed E-state index contributed by atoms with van der Waals surface area (Å²) in [6.07, 6.45) is -0.142. The minimum Gasteiger partial charge on any atom is -0.465 e. The highest BCUT2D eigenvalue weighted by Gasteiger charge is 2.36. The second kappa shape index (κ2) is 9.21. The molecule has 1 unspecified atom stereocenters. The van der Waals surface area contributed by atoms with Crippen molar-refractivity contribution < 1.29 is 36.6 Å². The maximum absolute atomic E-state index is 14.3. The fourth-order valence-electron chi connectivity index (χ4n) is 3.76. The molecule has 0 bridgehead atoms. The number of halogens is 4. The molecule has 3 rings (SSSR count). The summed E-state index contributed by atoms with van der Waals surface area (Å²) in [4.78, 5) is 27.4. The number of rotatable bonds is 7. The number of esters is 2. The highest BCUT2D eigenvalue weighted by Crippen LogP contribution is 2.36. The van der Waals surface area contributed by atoms with Crippen LogP contribution in [0.4, 0.5) is 17.6 Å². The monoisotopic (exact) mass is 460 g/mol. The Kier molecular flexibility index (Phi) is 6.83. The van der Waals surface area contributed by atoms with Gasteiger partial charge in [0.2, 0.25) is 0 Å². The van der Waals surface area contributed by atoms with Gasteiger partial charge in [-0.3, -0.25) is 9.59 Å². The molecule has 2 aromatic rings. The van der Waals surface area contributed by atoms with Gasteiger partial charge in [0.25, 0.3) is 0 Å². The van der Waals surface area contributed by atoms with Crippen LogP contribution in [0.15, 0.2) is 6.07 Å². The Morgan fingerprint density at radius 3 is 2.19 bits per heavy atom. The van der Waals surface area contributed by atoms with Gasteiger partial charge >= 0.3 is 11.9 Å². The van der Waals surface area contributed by atoms with E-state index in [0.29, 0.717) is 11.4 Å². The average molecular weight is 460 g/mol. The third kappa shape index (κ3) is 4.36. The normalized spacial score (nSPS) is 15.3. The molecular formula is C20H20F4N2O4S. The Morgan fingerprint density at radius 2 is 1.68 bits per heavy atom. The fourth-order valence-corrected chi connectivity index (χ4v) is 4.07. The molecule has 1 aromatic carbocycles. The van der Waals surface area contributed by atoms with E-state index in [1.54, 1.807) is 13.8 Å². The van der Waals surface area contributed by atoms with Crippen LogP contribution in [-0.4, -0.2) is 34.7 Å². The van der Waals surface area contributed by atoms with Gasteiger partial charge in [0, 0.05) is 41.9 Å². The van der Waals surface area contributed by atoms with E-state index in [2.05, 4.69) is 4.98 Å². The molecule has 1 aliphatic heterocycles. The van der Waals surface area contributed by atoms with Gasteiger partial charge in [0.05, 0.1) is 13.2 Å². The quantitative estimate of drug-likeness (QED) is 0.224. The molecule has 1 N–H and O–H groups in total. The number of hydrogen-bond donors (Lipinski definition) is 1. The van der Waals surface area contributed by atoms with Gasteiger partial charge in [-0.1, -0.05) is 0 Å². The van der Waals surface area contributed by atoms with Crippen LogP contribution in [0.1, 0.15) is 36.7 Å². The van der Waals surface area contributed by atoms with E-state index < -0.39 is 52.6 Å². The van der Waals surface area contributed by atoms with Gasteiger partial charge in [-0.15, -0.1) is 0 Å². The van der Waals surface area contributed by atoms with Crippen molar-refractivity contribution in [3.8, 4) is 0 Å². The summed E-state index contributed by atoms with van der Waals surface area (Å²) in [5.74, 6) is -9.63. The molecule has 0 fully saturated rings. The predicted molar refractivity (Wildman–Crippen MR) is 103 cm³/mol. The lowest BCUT2D eigenvalue weighted by Gasteiger charge is -2.15. The molecule has 1 atom stereocenters. The first kappa shape index (κ1) is 23.0. The van der Waals surface area contributed by atoms with Crippen molar-refractivity contribution in [3.63, 3.8) is 0 Å². The Balaban J connectivity index is 1.94. The largest absolute Gasteiger partial charge is 0.465 e. The van der Waals surface area contributed by atoms with Crippen molar-refractivity contribution in [3.05, 3.63) is 51.1 Å². The number of benzene rings is 1. The number of carbonyl (C=O) groups excluding carboxylic acids is 2. The fraction of sp³-hybridized carbons (Fsp3) is 0.450. The van der Waals surface area contributed by atoms with E-state index in [-0.39, 0.29) is 43.4 Å². The van der Waals surface area contributed by atoms with Crippen molar-refractivity contribution in [1.82, 2.24) is 9.55 Å². The zero-order valence-corrected chi connectivity index (χ0v) is 17.6. The number of nitrogens with one attached hydrogen (secondary N) is 1. The Hall–Kier alpha value is -2.69. The van der Waals surface area contributed by atoms with E-state index in [1.807, 2.05) is 0 Å². The van der Waals surface area contributed by atoms with E-state index in [0.717, 1.165) is 0 Å². The summed E-state index contributed by atoms with van der Waals surface area (Å²) in [5, 5.41) is 0. The molecule has 0 aliphatic carbocycles. The lowest BCUT2D eigenvalue weighted by atomic mass is 9.93. The number of fused-ring (bicyclic) bond motifs is 1. The first-order valence-corrected chi connectivity index (χ1v) is 10.1. The molecule has 0 amide bonds. The summed E-state index contributed by atoms with van der Waals surface area (Å²) in [6, 6.07) is 0.157. The van der Waals surface area contributed by atoms with Gasteiger partial charge in [0.1, 0.15) is 0 Å². The van der Waals surface area contributed by atoms with Crippen LogP contribution >= 0.6 is 12.2 Å². The molecule has 0 radical (unpaired) electrons. The zero-order chi connectivity index (χ0) is 22.9. The molecule has 2 heterocycles. The number of aromatic amines is 1. The molecule has 11 heteroatoms. The van der Waals surface area contributed by atoms with Crippen LogP contribution in [0.25, 0.3) is 0 Å². The standard InChI is InChI=1S/C20H20F4N2O4S/c1-3-29-18(27)10(19(28)30-4-2)6-13-14-5-9(8-26(14)20(31)25-13)15-16(23)11(21)7-12(22)17(15)24/h7,9-10H,3-6,8H2,1-2H3,(H,25,31). The average Bonchev–Trinajstić information content (AvgIpc) is 3.26. The van der Waals surface area contributed by atoms with Crippen LogP contribution in [0.2, 0.25) is 0 Å². The number of hydrogen-bond acceptors (Lipinski definition) is 5. The molecule has 31 heavy (non-hydrogen) atoms. The van der Waals surface area contributed by atoms with Gasteiger partial charge in [-0.05, 0) is 32.5 Å². The lowest BCUT2D eigenvalue weighted by Crippen LogP contribution is -2.30. The Labute approximate surface area is 180 Å². The summed E-state index contributed by atoms with van der Waals surface area (Å²) in [7, 11) is 0. The second-order valence-electron chi connectivity index (χ2n) is 7.01. The molecule has 0 saturated carbocycles. The highest BCUT2D eigenvalue weighted by atomic mass is 32.1. The van der Waals surface area contributed by atoms with Crippen LogP contribution in [0, 0.1) is 34.0 Å². The van der Waals surface area contributed by atoms with Gasteiger partial charge in [0.15, 0.2) is 34.0 Å². The molecule has 168 valence electrons. The predicted octanol–water partition coefficient (Wildman–Crippen LogP) is 3.73. The first-order chi connectivity index (χ1) is 14.7. The van der Waals surface area contributed by atoms with Crippen LogP contribution in [-0.2, 0) is 38.4 Å². The molecule has 6 nitrogen and oxygen atoms in total. The zero-order valence-electron chi connectivity index (χ0n) is 16.8. The first-order valence-electron chi connectivity index (χ1n) is 9.66. The number of imidazole rings is 1. The van der Waals surface area contributed by atoms with Crippen LogP contribution in [0.3, 0.4) is 0 Å². The van der Waals surface area contributed by atoms with Crippen LogP contribution in [0.5, 0.6) is 0 Å². The summed E-state index contributed by atoms with van der Waals surface area (Å²) in [5.41, 5.74) is 0.169. The van der Waals surface area contributed by atoms with Gasteiger partial charge in [-0.25, -0.2) is 17.6 Å². The summed E-state index contributed by atoms with van der Waals surface area (Å²) < 4.78 is 67.5. The molecule has 1 aliphatic rings. The third-order valence-corrected chi connectivity index (χ3v) is 5.45. The number of ether oxygens (including phenoxy) is 2. The van der Waals surface area contributed by atoms with Crippen molar-refractivity contribution in [2.24, 2.45) is 5.92 Å². The topological polar surface area (TPSA) is 73.3 Å². The maximum Gasteiger partial charge on any atom is 0.320 e. The molecule has 0 spiro atoms. The molecule has 0 saturated heterocycles.